The summed E-state index contributed by atoms with van der Waals surface area (Å²) in [6, 6.07) is 0. The van der Waals surface area contributed by atoms with Gasteiger partial charge in [0.2, 0.25) is 5.91 Å². The van der Waals surface area contributed by atoms with E-state index >= 15 is 0 Å². The lowest BCUT2D eigenvalue weighted by Gasteiger charge is -2.32. The number of hydrogen-bond donors (Lipinski definition) is 1. The molecule has 2 unspecified atom stereocenters. The van der Waals surface area contributed by atoms with E-state index in [1.165, 1.54) is 0 Å². The van der Waals surface area contributed by atoms with Gasteiger partial charge in [0.15, 0.2) is 9.84 Å². The van der Waals surface area contributed by atoms with Crippen molar-refractivity contribution in [2.24, 2.45) is 5.92 Å². The van der Waals surface area contributed by atoms with Crippen molar-refractivity contribution in [2.75, 3.05) is 31.2 Å². The molecule has 2 aliphatic rings. The highest BCUT2D eigenvalue weighted by molar-refractivity contribution is 7.91. The minimum Gasteiger partial charge on any atom is -0.481 e. The van der Waals surface area contributed by atoms with Gasteiger partial charge in [0.1, 0.15) is 0 Å². The van der Waals surface area contributed by atoms with Gasteiger partial charge in [-0.25, -0.2) is 8.42 Å². The van der Waals surface area contributed by atoms with Crippen LogP contribution in [-0.4, -0.2) is 67.6 Å². The summed E-state index contributed by atoms with van der Waals surface area (Å²) in [7, 11) is -2.97. The summed E-state index contributed by atoms with van der Waals surface area (Å²) in [5.41, 5.74) is 0. The first-order chi connectivity index (χ1) is 9.35. The van der Waals surface area contributed by atoms with Crippen molar-refractivity contribution in [3.63, 3.8) is 0 Å². The van der Waals surface area contributed by atoms with Crippen LogP contribution >= 0.6 is 0 Å². The normalized spacial score (nSPS) is 29.3. The molecule has 0 aromatic rings. The number of carbonyl (C=O) groups excluding carboxylic acids is 1. The molecule has 0 aromatic heterocycles. The molecule has 2 atom stereocenters. The highest BCUT2D eigenvalue weighted by atomic mass is 32.2. The SMILES string of the molecule is O=C(O)CC1CN(C(=O)CC2CCS(=O)(=O)C2)CCO1. The zero-order valence-corrected chi connectivity index (χ0v) is 12.0. The maximum Gasteiger partial charge on any atom is 0.306 e. The van der Waals surface area contributed by atoms with Gasteiger partial charge in [-0.15, -0.1) is 0 Å². The second kappa shape index (κ2) is 6.09. The van der Waals surface area contributed by atoms with E-state index < -0.39 is 21.9 Å². The minimum absolute atomic E-state index is 0.0850. The number of carboxylic acid groups (broad SMARTS) is 1. The van der Waals surface area contributed by atoms with Gasteiger partial charge in [0.05, 0.1) is 30.6 Å². The second-order valence-electron chi connectivity index (χ2n) is 5.40. The van der Waals surface area contributed by atoms with Crippen molar-refractivity contribution in [2.45, 2.75) is 25.4 Å². The van der Waals surface area contributed by atoms with Crippen LogP contribution in [0.2, 0.25) is 0 Å². The van der Waals surface area contributed by atoms with E-state index in [0.717, 1.165) is 0 Å². The van der Waals surface area contributed by atoms with Crippen molar-refractivity contribution in [3.8, 4) is 0 Å². The van der Waals surface area contributed by atoms with Crippen molar-refractivity contribution in [1.82, 2.24) is 4.90 Å². The smallest absolute Gasteiger partial charge is 0.306 e. The van der Waals surface area contributed by atoms with E-state index in [-0.39, 0.29) is 42.7 Å². The van der Waals surface area contributed by atoms with E-state index in [1.807, 2.05) is 0 Å². The number of rotatable bonds is 4. The highest BCUT2D eigenvalue weighted by Crippen LogP contribution is 2.23. The third kappa shape index (κ3) is 4.17. The molecule has 1 amide bonds. The lowest BCUT2D eigenvalue weighted by Crippen LogP contribution is -2.46. The van der Waals surface area contributed by atoms with Crippen molar-refractivity contribution >= 4 is 21.7 Å². The molecule has 2 rings (SSSR count). The van der Waals surface area contributed by atoms with Gasteiger partial charge in [0, 0.05) is 19.5 Å². The highest BCUT2D eigenvalue weighted by Gasteiger charge is 2.32. The van der Waals surface area contributed by atoms with Crippen LogP contribution in [0.25, 0.3) is 0 Å². The van der Waals surface area contributed by atoms with Gasteiger partial charge in [-0.2, -0.15) is 0 Å². The molecule has 2 saturated heterocycles. The van der Waals surface area contributed by atoms with E-state index in [4.69, 9.17) is 9.84 Å². The zero-order valence-electron chi connectivity index (χ0n) is 11.2. The van der Waals surface area contributed by atoms with E-state index in [0.29, 0.717) is 19.6 Å². The van der Waals surface area contributed by atoms with Gasteiger partial charge >= 0.3 is 5.97 Å². The molecule has 0 bridgehead atoms. The van der Waals surface area contributed by atoms with Crippen LogP contribution in [0.15, 0.2) is 0 Å². The number of carboxylic acids is 1. The van der Waals surface area contributed by atoms with Gasteiger partial charge in [-0.3, -0.25) is 9.59 Å². The van der Waals surface area contributed by atoms with Crippen molar-refractivity contribution in [1.29, 1.82) is 0 Å². The third-order valence-corrected chi connectivity index (χ3v) is 5.52. The first-order valence-electron chi connectivity index (χ1n) is 6.67. The molecule has 0 radical (unpaired) electrons. The Morgan fingerprint density at radius 2 is 2.05 bits per heavy atom. The molecule has 0 saturated carbocycles. The summed E-state index contributed by atoms with van der Waals surface area (Å²) < 4.78 is 28.0. The van der Waals surface area contributed by atoms with Gasteiger partial charge in [0.25, 0.3) is 0 Å². The van der Waals surface area contributed by atoms with Crippen LogP contribution in [0.4, 0.5) is 0 Å². The van der Waals surface area contributed by atoms with Crippen molar-refractivity contribution < 1.29 is 27.9 Å². The predicted octanol–water partition coefficient (Wildman–Crippen LogP) is -0.487. The fourth-order valence-electron chi connectivity index (χ4n) is 2.67. The fraction of sp³-hybridized carbons (Fsp3) is 0.833. The van der Waals surface area contributed by atoms with Crippen LogP contribution in [0.3, 0.4) is 0 Å². The standard InChI is InChI=1S/C12H19NO6S/c14-11(5-9-1-4-20(17,18)8-9)13-2-3-19-10(7-13)6-12(15)16/h9-10H,1-8H2,(H,15,16). The molecule has 20 heavy (non-hydrogen) atoms. The number of amides is 1. The van der Waals surface area contributed by atoms with E-state index in [2.05, 4.69) is 0 Å². The molecule has 2 heterocycles. The Kier molecular flexibility index (Phi) is 4.64. The molecule has 114 valence electrons. The second-order valence-corrected chi connectivity index (χ2v) is 7.63. The Morgan fingerprint density at radius 1 is 1.30 bits per heavy atom. The number of ether oxygens (including phenoxy) is 1. The molecule has 2 aliphatic heterocycles. The minimum atomic E-state index is -2.97. The maximum absolute atomic E-state index is 12.1. The number of carbonyl (C=O) groups is 2. The number of nitrogens with zero attached hydrogens (tertiary/aromatic N) is 1. The molecule has 0 aliphatic carbocycles. The quantitative estimate of drug-likeness (QED) is 0.752. The van der Waals surface area contributed by atoms with Crippen molar-refractivity contribution in [3.05, 3.63) is 0 Å². The monoisotopic (exact) mass is 305 g/mol. The number of hydrogen-bond acceptors (Lipinski definition) is 5. The average molecular weight is 305 g/mol. The molecule has 8 heteroatoms. The summed E-state index contributed by atoms with van der Waals surface area (Å²) in [5, 5.41) is 8.73. The summed E-state index contributed by atoms with van der Waals surface area (Å²) in [5.74, 6) is -0.914. The molecular formula is C12H19NO6S. The third-order valence-electron chi connectivity index (χ3n) is 3.68. The number of morpholine rings is 1. The number of aliphatic carboxylic acids is 1. The molecule has 0 spiro atoms. The van der Waals surface area contributed by atoms with Gasteiger partial charge in [-0.05, 0) is 12.3 Å². The van der Waals surface area contributed by atoms with E-state index in [9.17, 15) is 18.0 Å². The van der Waals surface area contributed by atoms with Gasteiger partial charge in [-0.1, -0.05) is 0 Å². The summed E-state index contributed by atoms with van der Waals surface area (Å²) in [6.45, 7) is 1.03. The number of sulfone groups is 1. The van der Waals surface area contributed by atoms with Crippen LogP contribution < -0.4 is 0 Å². The summed E-state index contributed by atoms with van der Waals surface area (Å²) in [6.07, 6.45) is 0.162. The largest absolute Gasteiger partial charge is 0.481 e. The molecule has 0 aromatic carbocycles. The Balaban J connectivity index is 1.84. The molecule has 2 fully saturated rings. The van der Waals surface area contributed by atoms with Crippen LogP contribution in [0.1, 0.15) is 19.3 Å². The summed E-state index contributed by atoms with van der Waals surface area (Å²) >= 11 is 0. The first-order valence-corrected chi connectivity index (χ1v) is 8.49. The lowest BCUT2D eigenvalue weighted by molar-refractivity contribution is -0.148. The Labute approximate surface area is 117 Å². The topological polar surface area (TPSA) is 101 Å². The molecule has 1 N–H and O–H groups in total. The Morgan fingerprint density at radius 3 is 2.65 bits per heavy atom. The Bertz CT molecular complexity index is 488. The maximum atomic E-state index is 12.1. The molecular weight excluding hydrogens is 286 g/mol. The van der Waals surface area contributed by atoms with Crippen LogP contribution in [0, 0.1) is 5.92 Å². The van der Waals surface area contributed by atoms with E-state index in [1.54, 1.807) is 4.90 Å². The predicted molar refractivity (Wildman–Crippen MR) is 70.0 cm³/mol. The van der Waals surface area contributed by atoms with Gasteiger partial charge < -0.3 is 14.7 Å². The fourth-order valence-corrected chi connectivity index (χ4v) is 4.54. The first kappa shape index (κ1) is 15.2. The summed E-state index contributed by atoms with van der Waals surface area (Å²) in [4.78, 5) is 24.4. The Hall–Kier alpha value is -1.15. The molecule has 7 nitrogen and oxygen atoms in total. The zero-order chi connectivity index (χ0) is 14.8. The van der Waals surface area contributed by atoms with Crippen LogP contribution in [-0.2, 0) is 24.2 Å². The average Bonchev–Trinajstić information content (AvgIpc) is 2.68. The lowest BCUT2D eigenvalue weighted by atomic mass is 10.0. The van der Waals surface area contributed by atoms with Crippen LogP contribution in [0.5, 0.6) is 0 Å².